The van der Waals surface area contributed by atoms with E-state index in [0.717, 1.165) is 18.4 Å². The molecule has 3 heteroatoms. The molecule has 1 aromatic heterocycles. The topological polar surface area (TPSA) is 29.9 Å². The second-order valence-corrected chi connectivity index (χ2v) is 4.65. The molecule has 1 N–H and O–H groups in total. The number of hydrogen-bond donors (Lipinski definition) is 1. The van der Waals surface area contributed by atoms with Crippen LogP contribution >= 0.6 is 0 Å². The van der Waals surface area contributed by atoms with Gasteiger partial charge in [0.15, 0.2) is 0 Å². The molecule has 0 amide bonds. The van der Waals surface area contributed by atoms with E-state index in [1.807, 2.05) is 0 Å². The first kappa shape index (κ1) is 8.48. The molecule has 14 heavy (non-hydrogen) atoms. The third-order valence-corrected chi connectivity index (χ3v) is 3.54. The fourth-order valence-corrected chi connectivity index (χ4v) is 2.17. The van der Waals surface area contributed by atoms with Gasteiger partial charge in [0.2, 0.25) is 0 Å². The Morgan fingerprint density at radius 1 is 1.43 bits per heavy atom. The average molecular weight is 191 g/mol. The zero-order valence-electron chi connectivity index (χ0n) is 8.45. The number of nitrogens with zero attached hydrogens (tertiary/aromatic N) is 2. The molecule has 0 atom stereocenters. The summed E-state index contributed by atoms with van der Waals surface area (Å²) >= 11 is 0. The van der Waals surface area contributed by atoms with E-state index in [9.17, 15) is 0 Å². The highest BCUT2D eigenvalue weighted by atomic mass is 15.3. The zero-order valence-corrected chi connectivity index (χ0v) is 8.45. The second kappa shape index (κ2) is 3.39. The molecular weight excluding hydrogens is 174 g/mol. The number of hydrogen-bond acceptors (Lipinski definition) is 2. The minimum absolute atomic E-state index is 0.809. The van der Waals surface area contributed by atoms with Crippen molar-refractivity contribution >= 4 is 0 Å². The quantitative estimate of drug-likeness (QED) is 0.782. The number of nitrogens with one attached hydrogen (secondary N) is 1. The molecular formula is C11H17N3. The summed E-state index contributed by atoms with van der Waals surface area (Å²) in [6.07, 6.45) is 8.47. The maximum absolute atomic E-state index is 4.43. The Bertz CT molecular complexity index is 310. The van der Waals surface area contributed by atoms with Crippen LogP contribution in [0.5, 0.6) is 0 Å². The van der Waals surface area contributed by atoms with Gasteiger partial charge in [0, 0.05) is 31.7 Å². The van der Waals surface area contributed by atoms with Crippen LogP contribution in [0.15, 0.2) is 12.4 Å². The average Bonchev–Trinajstić information content (AvgIpc) is 2.42. The first-order valence-electron chi connectivity index (χ1n) is 5.65. The first-order valence-corrected chi connectivity index (χ1v) is 5.65. The molecule has 2 fully saturated rings. The Morgan fingerprint density at radius 3 is 2.86 bits per heavy atom. The standard InChI is InChI=1S/C11H17N3/c1-2-10(3-1)11-6-13-14(8-11)7-9-4-12-5-9/h6,8-10,12H,1-5,7H2. The van der Waals surface area contributed by atoms with Gasteiger partial charge in [-0.05, 0) is 24.3 Å². The normalized spacial score (nSPS) is 23.1. The Hall–Kier alpha value is -0.830. The third-order valence-electron chi connectivity index (χ3n) is 3.54. The van der Waals surface area contributed by atoms with Gasteiger partial charge in [-0.3, -0.25) is 4.68 Å². The van der Waals surface area contributed by atoms with Crippen molar-refractivity contribution in [1.29, 1.82) is 0 Å². The molecule has 0 bridgehead atoms. The summed E-state index contributed by atoms with van der Waals surface area (Å²) in [7, 11) is 0. The molecule has 2 heterocycles. The van der Waals surface area contributed by atoms with Gasteiger partial charge in [0.25, 0.3) is 0 Å². The van der Waals surface area contributed by atoms with Gasteiger partial charge < -0.3 is 5.32 Å². The van der Waals surface area contributed by atoms with E-state index in [1.165, 1.54) is 37.9 Å². The summed E-state index contributed by atoms with van der Waals surface area (Å²) in [4.78, 5) is 0. The van der Waals surface area contributed by atoms with E-state index in [-0.39, 0.29) is 0 Å². The van der Waals surface area contributed by atoms with Gasteiger partial charge in [-0.25, -0.2) is 0 Å². The van der Waals surface area contributed by atoms with Gasteiger partial charge in [0.1, 0.15) is 0 Å². The molecule has 0 spiro atoms. The molecule has 0 aromatic carbocycles. The van der Waals surface area contributed by atoms with Crippen LogP contribution in [-0.2, 0) is 6.54 Å². The second-order valence-electron chi connectivity index (χ2n) is 4.65. The van der Waals surface area contributed by atoms with Crippen LogP contribution in [0.4, 0.5) is 0 Å². The lowest BCUT2D eigenvalue weighted by atomic mass is 9.81. The van der Waals surface area contributed by atoms with Gasteiger partial charge in [-0.1, -0.05) is 6.42 Å². The van der Waals surface area contributed by atoms with Gasteiger partial charge in [-0.15, -0.1) is 0 Å². The largest absolute Gasteiger partial charge is 0.316 e. The van der Waals surface area contributed by atoms with Gasteiger partial charge >= 0.3 is 0 Å². The van der Waals surface area contributed by atoms with Crippen molar-refractivity contribution in [3.8, 4) is 0 Å². The summed E-state index contributed by atoms with van der Waals surface area (Å²) < 4.78 is 2.12. The fourth-order valence-electron chi connectivity index (χ4n) is 2.17. The van der Waals surface area contributed by atoms with Crippen molar-refractivity contribution in [1.82, 2.24) is 15.1 Å². The smallest absolute Gasteiger partial charge is 0.0524 e. The fraction of sp³-hybridized carbons (Fsp3) is 0.727. The molecule has 76 valence electrons. The minimum atomic E-state index is 0.809. The van der Waals surface area contributed by atoms with E-state index >= 15 is 0 Å². The third kappa shape index (κ3) is 1.46. The van der Waals surface area contributed by atoms with E-state index < -0.39 is 0 Å². The molecule has 1 saturated heterocycles. The van der Waals surface area contributed by atoms with Crippen molar-refractivity contribution < 1.29 is 0 Å². The monoisotopic (exact) mass is 191 g/mol. The van der Waals surface area contributed by atoms with E-state index in [0.29, 0.717) is 0 Å². The Morgan fingerprint density at radius 2 is 2.29 bits per heavy atom. The number of aromatic nitrogens is 2. The van der Waals surface area contributed by atoms with Crippen molar-refractivity contribution in [3.05, 3.63) is 18.0 Å². The summed E-state index contributed by atoms with van der Waals surface area (Å²) in [5.74, 6) is 1.63. The van der Waals surface area contributed by atoms with E-state index in [1.54, 1.807) is 0 Å². The van der Waals surface area contributed by atoms with E-state index in [2.05, 4.69) is 27.5 Å². The highest BCUT2D eigenvalue weighted by Crippen LogP contribution is 2.35. The van der Waals surface area contributed by atoms with Crippen LogP contribution in [0.2, 0.25) is 0 Å². The predicted molar refractivity (Wildman–Crippen MR) is 55.2 cm³/mol. The number of rotatable bonds is 3. The molecule has 0 unspecified atom stereocenters. The highest BCUT2D eigenvalue weighted by Gasteiger charge is 2.22. The summed E-state index contributed by atoms with van der Waals surface area (Å²) in [5.41, 5.74) is 1.46. The van der Waals surface area contributed by atoms with Crippen LogP contribution < -0.4 is 5.32 Å². The summed E-state index contributed by atoms with van der Waals surface area (Å²) in [6.45, 7) is 3.43. The molecule has 2 aliphatic rings. The molecule has 3 nitrogen and oxygen atoms in total. The van der Waals surface area contributed by atoms with Crippen molar-refractivity contribution in [3.63, 3.8) is 0 Å². The molecule has 3 rings (SSSR count). The minimum Gasteiger partial charge on any atom is -0.316 e. The van der Waals surface area contributed by atoms with Crippen LogP contribution in [-0.4, -0.2) is 22.9 Å². The summed E-state index contributed by atoms with van der Waals surface area (Å²) in [6, 6.07) is 0. The summed E-state index contributed by atoms with van der Waals surface area (Å²) in [5, 5.41) is 7.72. The molecule has 1 aliphatic heterocycles. The Labute approximate surface area is 84.5 Å². The van der Waals surface area contributed by atoms with Crippen LogP contribution in [0.25, 0.3) is 0 Å². The molecule has 0 radical (unpaired) electrons. The highest BCUT2D eigenvalue weighted by molar-refractivity contribution is 5.13. The molecule has 1 aliphatic carbocycles. The Kier molecular flexibility index (Phi) is 2.05. The van der Waals surface area contributed by atoms with E-state index in [4.69, 9.17) is 0 Å². The van der Waals surface area contributed by atoms with Gasteiger partial charge in [0.05, 0.1) is 6.20 Å². The van der Waals surface area contributed by atoms with Crippen molar-refractivity contribution in [2.75, 3.05) is 13.1 Å². The lowest BCUT2D eigenvalue weighted by Crippen LogP contribution is -2.44. The van der Waals surface area contributed by atoms with Crippen LogP contribution in [0.3, 0.4) is 0 Å². The molecule has 1 saturated carbocycles. The lowest BCUT2D eigenvalue weighted by molar-refractivity contribution is 0.295. The van der Waals surface area contributed by atoms with Crippen LogP contribution in [0.1, 0.15) is 30.7 Å². The Balaban J connectivity index is 1.63. The zero-order chi connectivity index (χ0) is 9.38. The maximum atomic E-state index is 4.43. The van der Waals surface area contributed by atoms with Crippen LogP contribution in [0, 0.1) is 5.92 Å². The molecule has 1 aromatic rings. The van der Waals surface area contributed by atoms with Crippen molar-refractivity contribution in [2.45, 2.75) is 31.7 Å². The first-order chi connectivity index (χ1) is 6.92. The van der Waals surface area contributed by atoms with Gasteiger partial charge in [-0.2, -0.15) is 5.10 Å². The lowest BCUT2D eigenvalue weighted by Gasteiger charge is -2.27. The SMILES string of the molecule is c1nn(CC2CNC2)cc1C1CCC1. The predicted octanol–water partition coefficient (Wildman–Crippen LogP) is 1.37. The maximum Gasteiger partial charge on any atom is 0.0524 e. The van der Waals surface area contributed by atoms with Crippen molar-refractivity contribution in [2.24, 2.45) is 5.92 Å².